The molecule has 0 aromatic heterocycles. The highest BCUT2D eigenvalue weighted by molar-refractivity contribution is 5.86. The number of carbonyl (C=O) groups excluding carboxylic acids is 3. The number of ether oxygens (including phenoxy) is 2. The van der Waals surface area contributed by atoms with Crippen molar-refractivity contribution in [1.29, 1.82) is 0 Å². The lowest BCUT2D eigenvalue weighted by Crippen LogP contribution is -2.60. The Morgan fingerprint density at radius 1 is 1.05 bits per heavy atom. The number of anilines is 1. The van der Waals surface area contributed by atoms with E-state index in [9.17, 15) is 14.4 Å². The second-order valence-corrected chi connectivity index (χ2v) is 9.87. The van der Waals surface area contributed by atoms with Gasteiger partial charge in [0.1, 0.15) is 12.6 Å². The fourth-order valence-electron chi connectivity index (χ4n) is 4.56. The van der Waals surface area contributed by atoms with Gasteiger partial charge in [-0.3, -0.25) is 4.79 Å². The van der Waals surface area contributed by atoms with E-state index in [1.165, 1.54) is 0 Å². The molecule has 0 radical (unpaired) electrons. The van der Waals surface area contributed by atoms with E-state index in [4.69, 9.17) is 9.47 Å². The van der Waals surface area contributed by atoms with Gasteiger partial charge < -0.3 is 29.9 Å². The summed E-state index contributed by atoms with van der Waals surface area (Å²) in [7, 11) is 0. The number of carbonyl (C=O) groups is 3. The van der Waals surface area contributed by atoms with Crippen molar-refractivity contribution in [2.45, 2.75) is 51.3 Å². The number of unbranched alkanes of at least 4 members (excludes halogenated alkanes) is 1. The van der Waals surface area contributed by atoms with Crippen molar-refractivity contribution in [2.24, 2.45) is 0 Å². The number of nitrogens with one attached hydrogen (secondary N) is 2. The molecule has 1 fully saturated rings. The summed E-state index contributed by atoms with van der Waals surface area (Å²) in [6, 6.07) is 16.2. The van der Waals surface area contributed by atoms with Gasteiger partial charge in [-0.15, -0.1) is 13.2 Å². The van der Waals surface area contributed by atoms with E-state index < -0.39 is 18.2 Å². The normalized spacial score (nSPS) is 15.4. The van der Waals surface area contributed by atoms with Crippen LogP contribution in [0.5, 0.6) is 0 Å². The number of rotatable bonds is 14. The third-order valence-electron chi connectivity index (χ3n) is 6.82. The Balaban J connectivity index is 1.75. The van der Waals surface area contributed by atoms with Gasteiger partial charge in [0.25, 0.3) is 0 Å². The molecule has 2 N–H and O–H groups in total. The minimum Gasteiger partial charge on any atom is -0.449 e. The van der Waals surface area contributed by atoms with Crippen molar-refractivity contribution < 1.29 is 23.9 Å². The molecule has 220 valence electrons. The van der Waals surface area contributed by atoms with Gasteiger partial charge in [0.05, 0.1) is 19.2 Å². The Morgan fingerprint density at radius 2 is 1.85 bits per heavy atom. The van der Waals surface area contributed by atoms with Gasteiger partial charge in [0.2, 0.25) is 5.91 Å². The van der Waals surface area contributed by atoms with E-state index in [1.54, 1.807) is 17.1 Å². The Morgan fingerprint density at radius 3 is 2.59 bits per heavy atom. The first-order valence-corrected chi connectivity index (χ1v) is 14.2. The molecule has 1 heterocycles. The molecule has 2 aromatic carbocycles. The largest absolute Gasteiger partial charge is 0.449 e. The molecule has 0 aliphatic carbocycles. The van der Waals surface area contributed by atoms with Crippen molar-refractivity contribution in [3.63, 3.8) is 0 Å². The third-order valence-corrected chi connectivity index (χ3v) is 6.82. The molecule has 1 saturated heterocycles. The number of amides is 3. The quantitative estimate of drug-likeness (QED) is 0.238. The van der Waals surface area contributed by atoms with Crippen molar-refractivity contribution in [3.05, 3.63) is 91.0 Å². The minimum absolute atomic E-state index is 0.168. The predicted molar refractivity (Wildman–Crippen MR) is 161 cm³/mol. The second kappa shape index (κ2) is 16.7. The molecule has 2 aromatic rings. The van der Waals surface area contributed by atoms with Crippen LogP contribution in [0.15, 0.2) is 79.9 Å². The highest BCUT2D eigenvalue weighted by atomic mass is 16.6. The van der Waals surface area contributed by atoms with E-state index in [-0.39, 0.29) is 25.1 Å². The van der Waals surface area contributed by atoms with Gasteiger partial charge in [-0.05, 0) is 42.5 Å². The van der Waals surface area contributed by atoms with Crippen LogP contribution in [-0.4, -0.2) is 61.8 Å². The number of benzene rings is 2. The Hall–Kier alpha value is -4.27. The summed E-state index contributed by atoms with van der Waals surface area (Å²) in [6.45, 7) is 11.7. The highest BCUT2D eigenvalue weighted by Gasteiger charge is 2.35. The van der Waals surface area contributed by atoms with Crippen LogP contribution in [-0.2, 0) is 20.9 Å². The van der Waals surface area contributed by atoms with Crippen LogP contribution in [0.4, 0.5) is 15.3 Å². The Bertz CT molecular complexity index is 1160. The minimum atomic E-state index is -0.607. The van der Waals surface area contributed by atoms with Crippen LogP contribution in [0.25, 0.3) is 0 Å². The molecule has 1 aliphatic rings. The van der Waals surface area contributed by atoms with Gasteiger partial charge in [0, 0.05) is 25.3 Å². The van der Waals surface area contributed by atoms with Crippen molar-refractivity contribution in [3.8, 4) is 0 Å². The fraction of sp³-hybridized carbons (Fsp3) is 0.406. The summed E-state index contributed by atoms with van der Waals surface area (Å²) < 4.78 is 10.8. The van der Waals surface area contributed by atoms with Gasteiger partial charge in [-0.2, -0.15) is 0 Å². The van der Waals surface area contributed by atoms with Gasteiger partial charge >= 0.3 is 12.2 Å². The average molecular weight is 563 g/mol. The number of hydrogen-bond acceptors (Lipinski definition) is 6. The molecule has 0 bridgehead atoms. The topological polar surface area (TPSA) is 100 Å². The first-order valence-electron chi connectivity index (χ1n) is 14.2. The van der Waals surface area contributed by atoms with Gasteiger partial charge in [-0.1, -0.05) is 68.0 Å². The molecule has 2 atom stereocenters. The molecule has 9 heteroatoms. The molecular formula is C32H42N4O5. The van der Waals surface area contributed by atoms with Crippen LogP contribution in [0.3, 0.4) is 0 Å². The lowest BCUT2D eigenvalue weighted by atomic mass is 10.0. The number of nitrogens with zero attached hydrogens (tertiary/aromatic N) is 2. The van der Waals surface area contributed by atoms with E-state index in [0.717, 1.165) is 29.7 Å². The van der Waals surface area contributed by atoms with Crippen molar-refractivity contribution in [2.75, 3.05) is 37.7 Å². The zero-order valence-electron chi connectivity index (χ0n) is 23.9. The maximum atomic E-state index is 13.3. The summed E-state index contributed by atoms with van der Waals surface area (Å²) in [5, 5.41) is 5.90. The highest BCUT2D eigenvalue weighted by Crippen LogP contribution is 2.27. The van der Waals surface area contributed by atoms with Crippen molar-refractivity contribution in [1.82, 2.24) is 15.5 Å². The SMILES string of the molecule is C=CCCNC(=O)C1CN(C(=O)OCCCC)CCN1c1cccc([C@H](CC=C)NC(=O)OCc2ccccc2)c1. The number of piperazine rings is 1. The summed E-state index contributed by atoms with van der Waals surface area (Å²) in [5.41, 5.74) is 2.57. The Labute approximate surface area is 243 Å². The fourth-order valence-corrected chi connectivity index (χ4v) is 4.56. The first kappa shape index (κ1) is 31.3. The van der Waals surface area contributed by atoms with Gasteiger partial charge in [0.15, 0.2) is 0 Å². The zero-order chi connectivity index (χ0) is 29.5. The lowest BCUT2D eigenvalue weighted by Gasteiger charge is -2.41. The molecule has 0 saturated carbocycles. The molecule has 9 nitrogen and oxygen atoms in total. The van der Waals surface area contributed by atoms with E-state index >= 15 is 0 Å². The molecule has 1 unspecified atom stereocenters. The number of hydrogen-bond donors (Lipinski definition) is 2. The van der Waals surface area contributed by atoms with Crippen LogP contribution in [0.2, 0.25) is 0 Å². The smallest absolute Gasteiger partial charge is 0.409 e. The first-order chi connectivity index (χ1) is 20.0. The predicted octanol–water partition coefficient (Wildman–Crippen LogP) is 5.35. The Kier molecular flexibility index (Phi) is 12.8. The molecule has 0 spiro atoms. The third kappa shape index (κ3) is 9.70. The van der Waals surface area contributed by atoms with Crippen LogP contribution < -0.4 is 15.5 Å². The van der Waals surface area contributed by atoms with E-state index in [2.05, 4.69) is 23.8 Å². The summed E-state index contributed by atoms with van der Waals surface area (Å²) >= 11 is 0. The molecule has 41 heavy (non-hydrogen) atoms. The average Bonchev–Trinajstić information content (AvgIpc) is 3.00. The summed E-state index contributed by atoms with van der Waals surface area (Å²) in [5.74, 6) is -0.173. The van der Waals surface area contributed by atoms with Crippen LogP contribution in [0.1, 0.15) is 49.8 Å². The van der Waals surface area contributed by atoms with Crippen LogP contribution >= 0.6 is 0 Å². The maximum Gasteiger partial charge on any atom is 0.409 e. The maximum absolute atomic E-state index is 13.3. The van der Waals surface area contributed by atoms with E-state index in [1.807, 2.05) is 66.4 Å². The summed E-state index contributed by atoms with van der Waals surface area (Å²) in [6.07, 6.45) is 5.42. The molecule has 1 aliphatic heterocycles. The second-order valence-electron chi connectivity index (χ2n) is 9.87. The standard InChI is InChI=1S/C32H42N4O5/c1-4-7-18-33-30(37)29-23-35(32(39)40-21-8-5-2)19-20-36(29)27-17-12-16-26(22-27)28(13-6-3)34-31(38)41-24-25-14-10-9-11-15-25/h4,6,9-12,14-17,22,28-29H,1,3,5,7-8,13,18-21,23-24H2,2H3,(H,33,37)(H,34,38)/t28-,29?/m0/s1. The lowest BCUT2D eigenvalue weighted by molar-refractivity contribution is -0.123. The van der Waals surface area contributed by atoms with Gasteiger partial charge in [-0.25, -0.2) is 9.59 Å². The monoisotopic (exact) mass is 562 g/mol. The molecule has 3 amide bonds. The van der Waals surface area contributed by atoms with Crippen molar-refractivity contribution >= 4 is 23.8 Å². The zero-order valence-corrected chi connectivity index (χ0v) is 23.9. The van der Waals surface area contributed by atoms with Crippen LogP contribution in [0, 0.1) is 0 Å². The number of alkyl carbamates (subject to hydrolysis) is 1. The molecule has 3 rings (SSSR count). The molecular weight excluding hydrogens is 520 g/mol. The summed E-state index contributed by atoms with van der Waals surface area (Å²) in [4.78, 5) is 42.2. The van der Waals surface area contributed by atoms with E-state index in [0.29, 0.717) is 39.1 Å².